The van der Waals surface area contributed by atoms with Crippen LogP contribution < -0.4 is 9.64 Å². The lowest BCUT2D eigenvalue weighted by atomic mass is 10.1. The summed E-state index contributed by atoms with van der Waals surface area (Å²) in [5.41, 5.74) is -1.51. The van der Waals surface area contributed by atoms with Gasteiger partial charge in [0.1, 0.15) is 5.69 Å². The number of benzene rings is 2. The number of hydrogen-bond acceptors (Lipinski definition) is 4. The Bertz CT molecular complexity index is 872. The number of carbonyl (C=O) groups excluding carboxylic acids is 2. The van der Waals surface area contributed by atoms with Gasteiger partial charge in [-0.1, -0.05) is 18.2 Å². The molecule has 0 unspecified atom stereocenters. The van der Waals surface area contributed by atoms with Crippen molar-refractivity contribution in [2.75, 3.05) is 4.90 Å². The topological polar surface area (TPSA) is 83.9 Å². The molecule has 0 saturated heterocycles. The van der Waals surface area contributed by atoms with Crippen molar-refractivity contribution >= 4 is 23.5 Å². The van der Waals surface area contributed by atoms with Crippen molar-refractivity contribution in [3.05, 3.63) is 59.2 Å². The number of anilines is 1. The Morgan fingerprint density at radius 1 is 0.960 bits per heavy atom. The molecule has 0 saturated carbocycles. The summed E-state index contributed by atoms with van der Waals surface area (Å²) in [7, 11) is 0. The van der Waals surface area contributed by atoms with Crippen molar-refractivity contribution in [3.8, 4) is 5.75 Å². The number of para-hydroxylation sites is 1. The predicted molar refractivity (Wildman–Crippen MR) is 77.7 cm³/mol. The highest BCUT2D eigenvalue weighted by Crippen LogP contribution is 2.39. The van der Waals surface area contributed by atoms with Gasteiger partial charge < -0.3 is 9.84 Å². The molecule has 1 aliphatic rings. The average Bonchev–Trinajstić information content (AvgIpc) is 2.78. The Kier molecular flexibility index (Phi) is 3.71. The van der Waals surface area contributed by atoms with Crippen LogP contribution in [-0.4, -0.2) is 29.3 Å². The number of halogens is 3. The molecule has 0 radical (unpaired) electrons. The Hall–Kier alpha value is -3.36. The summed E-state index contributed by atoms with van der Waals surface area (Å²) in [5.74, 6) is -4.43. The molecule has 6 nitrogen and oxygen atoms in total. The number of rotatable bonds is 3. The number of nitrogens with zero attached hydrogens (tertiary/aromatic N) is 1. The molecule has 0 aliphatic carbocycles. The number of alkyl halides is 3. The van der Waals surface area contributed by atoms with Gasteiger partial charge >= 0.3 is 12.3 Å². The molecule has 25 heavy (non-hydrogen) atoms. The summed E-state index contributed by atoms with van der Waals surface area (Å²) >= 11 is 0. The second kappa shape index (κ2) is 5.62. The lowest BCUT2D eigenvalue weighted by Crippen LogP contribution is -2.32. The Balaban J connectivity index is 2.21. The molecule has 0 atom stereocenters. The van der Waals surface area contributed by atoms with Crippen molar-refractivity contribution in [2.24, 2.45) is 0 Å². The first-order valence-electron chi connectivity index (χ1n) is 6.80. The predicted octanol–water partition coefficient (Wildman–Crippen LogP) is 3.08. The van der Waals surface area contributed by atoms with Crippen molar-refractivity contribution in [1.82, 2.24) is 0 Å². The SMILES string of the molecule is O=C(O)c1cccc(OC(F)(F)F)c1N1C(=O)c2ccccc2C1=O. The molecule has 128 valence electrons. The third-order valence-electron chi connectivity index (χ3n) is 3.47. The van der Waals surface area contributed by atoms with Gasteiger partial charge in [0.2, 0.25) is 0 Å². The summed E-state index contributed by atoms with van der Waals surface area (Å²) in [4.78, 5) is 36.7. The van der Waals surface area contributed by atoms with Crippen LogP contribution in [0.5, 0.6) is 5.75 Å². The number of imide groups is 1. The fourth-order valence-corrected chi connectivity index (χ4v) is 2.52. The quantitative estimate of drug-likeness (QED) is 0.859. The van der Waals surface area contributed by atoms with E-state index < -0.39 is 41.1 Å². The van der Waals surface area contributed by atoms with Gasteiger partial charge in [0, 0.05) is 0 Å². The highest BCUT2D eigenvalue weighted by molar-refractivity contribution is 6.35. The zero-order valence-electron chi connectivity index (χ0n) is 12.2. The minimum absolute atomic E-state index is 0.0364. The smallest absolute Gasteiger partial charge is 0.478 e. The maximum absolute atomic E-state index is 12.6. The van der Waals surface area contributed by atoms with E-state index in [1.807, 2.05) is 0 Å². The van der Waals surface area contributed by atoms with Crippen LogP contribution in [0.3, 0.4) is 0 Å². The molecule has 0 fully saturated rings. The molecule has 0 aromatic heterocycles. The Labute approximate surface area is 138 Å². The summed E-state index contributed by atoms with van der Waals surface area (Å²) in [5, 5.41) is 9.25. The monoisotopic (exact) mass is 351 g/mol. The Morgan fingerprint density at radius 3 is 2.00 bits per heavy atom. The zero-order valence-corrected chi connectivity index (χ0v) is 12.2. The van der Waals surface area contributed by atoms with E-state index in [0.717, 1.165) is 18.2 Å². The van der Waals surface area contributed by atoms with Crippen molar-refractivity contribution in [1.29, 1.82) is 0 Å². The average molecular weight is 351 g/mol. The third-order valence-corrected chi connectivity index (χ3v) is 3.47. The number of fused-ring (bicyclic) bond motifs is 1. The molecule has 0 bridgehead atoms. The number of carboxylic acids is 1. The highest BCUT2D eigenvalue weighted by Gasteiger charge is 2.42. The molecule has 0 spiro atoms. The van der Waals surface area contributed by atoms with E-state index in [4.69, 9.17) is 0 Å². The van der Waals surface area contributed by atoms with Gasteiger partial charge in [-0.25, -0.2) is 9.69 Å². The van der Waals surface area contributed by atoms with Gasteiger partial charge in [-0.15, -0.1) is 13.2 Å². The number of aromatic carboxylic acids is 1. The van der Waals surface area contributed by atoms with Gasteiger partial charge in [0.25, 0.3) is 11.8 Å². The lowest BCUT2D eigenvalue weighted by molar-refractivity contribution is -0.274. The van der Waals surface area contributed by atoms with E-state index in [9.17, 15) is 32.7 Å². The van der Waals surface area contributed by atoms with E-state index in [0.29, 0.717) is 4.90 Å². The number of hydrogen-bond donors (Lipinski definition) is 1. The number of carbonyl (C=O) groups is 3. The lowest BCUT2D eigenvalue weighted by Gasteiger charge is -2.21. The number of carboxylic acid groups (broad SMARTS) is 1. The van der Waals surface area contributed by atoms with Gasteiger partial charge in [-0.2, -0.15) is 0 Å². The summed E-state index contributed by atoms with van der Waals surface area (Å²) in [6, 6.07) is 8.43. The molecular weight excluding hydrogens is 343 g/mol. The van der Waals surface area contributed by atoms with Crippen LogP contribution >= 0.6 is 0 Å². The first kappa shape index (κ1) is 16.5. The standard InChI is InChI=1S/C16H8F3NO5/c17-16(18,19)25-11-7-3-6-10(15(23)24)12(11)20-13(21)8-4-1-2-5-9(8)14(20)22/h1-7H,(H,23,24). The third kappa shape index (κ3) is 2.80. The van der Waals surface area contributed by atoms with Gasteiger partial charge in [0.15, 0.2) is 5.75 Å². The number of amides is 2. The first-order chi connectivity index (χ1) is 11.7. The first-order valence-corrected chi connectivity index (χ1v) is 6.80. The molecule has 9 heteroatoms. The molecule has 1 N–H and O–H groups in total. The number of ether oxygens (including phenoxy) is 1. The molecule has 1 aliphatic heterocycles. The minimum Gasteiger partial charge on any atom is -0.478 e. The van der Waals surface area contributed by atoms with Crippen LogP contribution in [0.25, 0.3) is 0 Å². The van der Waals surface area contributed by atoms with Gasteiger partial charge in [-0.05, 0) is 24.3 Å². The van der Waals surface area contributed by atoms with Crippen LogP contribution in [0.2, 0.25) is 0 Å². The van der Waals surface area contributed by atoms with Crippen LogP contribution in [0.15, 0.2) is 42.5 Å². The van der Waals surface area contributed by atoms with Crippen LogP contribution in [-0.2, 0) is 0 Å². The fourth-order valence-electron chi connectivity index (χ4n) is 2.52. The van der Waals surface area contributed by atoms with Crippen LogP contribution in [0.1, 0.15) is 31.1 Å². The van der Waals surface area contributed by atoms with Crippen molar-refractivity contribution < 1.29 is 37.4 Å². The van der Waals surface area contributed by atoms with E-state index in [1.54, 1.807) is 0 Å². The summed E-state index contributed by atoms with van der Waals surface area (Å²) in [6.07, 6.45) is -5.13. The summed E-state index contributed by atoms with van der Waals surface area (Å²) in [6.45, 7) is 0. The van der Waals surface area contributed by atoms with Crippen LogP contribution in [0, 0.1) is 0 Å². The van der Waals surface area contributed by atoms with E-state index in [1.165, 1.54) is 24.3 Å². The highest BCUT2D eigenvalue weighted by atomic mass is 19.4. The van der Waals surface area contributed by atoms with Gasteiger partial charge in [0.05, 0.1) is 16.7 Å². The largest absolute Gasteiger partial charge is 0.573 e. The molecular formula is C16H8F3NO5. The van der Waals surface area contributed by atoms with E-state index in [-0.39, 0.29) is 11.1 Å². The molecule has 2 aromatic carbocycles. The zero-order chi connectivity index (χ0) is 18.4. The Morgan fingerprint density at radius 2 is 1.52 bits per heavy atom. The van der Waals surface area contributed by atoms with Crippen LogP contribution in [0.4, 0.5) is 18.9 Å². The normalized spacial score (nSPS) is 13.8. The molecule has 2 amide bonds. The molecule has 1 heterocycles. The van der Waals surface area contributed by atoms with Gasteiger partial charge in [-0.3, -0.25) is 9.59 Å². The van der Waals surface area contributed by atoms with Crippen molar-refractivity contribution in [2.45, 2.75) is 6.36 Å². The maximum atomic E-state index is 12.6. The van der Waals surface area contributed by atoms with Crippen molar-refractivity contribution in [3.63, 3.8) is 0 Å². The summed E-state index contributed by atoms with van der Waals surface area (Å²) < 4.78 is 41.7. The molecule has 3 rings (SSSR count). The van der Waals surface area contributed by atoms with E-state index >= 15 is 0 Å². The minimum atomic E-state index is -5.13. The maximum Gasteiger partial charge on any atom is 0.573 e. The second-order valence-electron chi connectivity index (χ2n) is 5.00. The van der Waals surface area contributed by atoms with E-state index in [2.05, 4.69) is 4.74 Å². The fraction of sp³-hybridized carbons (Fsp3) is 0.0625. The molecule has 2 aromatic rings. The second-order valence-corrected chi connectivity index (χ2v) is 5.00.